The number of anilines is 1. The minimum absolute atomic E-state index is 0.0830. The molecular weight excluding hydrogens is 288 g/mol. The minimum atomic E-state index is 0.0830. The van der Waals surface area contributed by atoms with Gasteiger partial charge in [-0.25, -0.2) is 4.98 Å². The number of benzene rings is 1. The molecule has 1 amide bonds. The van der Waals surface area contributed by atoms with Crippen LogP contribution in [0.3, 0.4) is 0 Å². The third kappa shape index (κ3) is 2.83. The van der Waals surface area contributed by atoms with E-state index in [-0.39, 0.29) is 5.91 Å². The number of carbonyl (C=O) groups excluding carboxylic acids is 1. The van der Waals surface area contributed by atoms with Gasteiger partial charge >= 0.3 is 0 Å². The molecule has 5 heteroatoms. The van der Waals surface area contributed by atoms with Crippen LogP contribution < -0.4 is 4.90 Å². The summed E-state index contributed by atoms with van der Waals surface area (Å²) in [6, 6.07) is 10.4. The molecule has 23 heavy (non-hydrogen) atoms. The van der Waals surface area contributed by atoms with E-state index < -0.39 is 0 Å². The molecule has 2 aromatic rings. The molecular formula is C18H22N4O. The van der Waals surface area contributed by atoms with E-state index in [9.17, 15) is 4.79 Å². The van der Waals surface area contributed by atoms with Crippen LogP contribution in [0.4, 0.5) is 5.69 Å². The first-order chi connectivity index (χ1) is 11.3. The number of hydrogen-bond donors (Lipinski definition) is 0. The Morgan fingerprint density at radius 1 is 0.957 bits per heavy atom. The topological polar surface area (TPSA) is 41.4 Å². The Hall–Kier alpha value is -2.30. The van der Waals surface area contributed by atoms with E-state index in [0.29, 0.717) is 5.69 Å². The molecule has 2 aliphatic heterocycles. The highest BCUT2D eigenvalue weighted by molar-refractivity contribution is 5.92. The van der Waals surface area contributed by atoms with Crippen LogP contribution in [0.1, 0.15) is 29.2 Å². The number of amides is 1. The van der Waals surface area contributed by atoms with E-state index in [2.05, 4.69) is 38.7 Å². The monoisotopic (exact) mass is 310 g/mol. The Kier molecular flexibility index (Phi) is 3.77. The zero-order valence-electron chi connectivity index (χ0n) is 13.3. The van der Waals surface area contributed by atoms with Crippen LogP contribution in [-0.4, -0.2) is 46.5 Å². The Morgan fingerprint density at radius 3 is 2.48 bits per heavy atom. The molecule has 0 spiro atoms. The van der Waals surface area contributed by atoms with E-state index in [1.807, 2.05) is 17.2 Å². The summed E-state index contributed by atoms with van der Waals surface area (Å²) in [4.78, 5) is 21.5. The quantitative estimate of drug-likeness (QED) is 0.854. The predicted molar refractivity (Wildman–Crippen MR) is 89.7 cm³/mol. The number of para-hydroxylation sites is 1. The first-order valence-electron chi connectivity index (χ1n) is 8.46. The second kappa shape index (κ2) is 6.07. The number of nitrogens with zero attached hydrogens (tertiary/aromatic N) is 4. The van der Waals surface area contributed by atoms with Crippen molar-refractivity contribution in [3.8, 4) is 0 Å². The van der Waals surface area contributed by atoms with Crippen molar-refractivity contribution in [1.82, 2.24) is 14.5 Å². The Balaban J connectivity index is 1.42. The predicted octanol–water partition coefficient (Wildman–Crippen LogP) is 2.18. The van der Waals surface area contributed by atoms with Gasteiger partial charge in [-0.15, -0.1) is 0 Å². The lowest BCUT2D eigenvalue weighted by atomic mass is 10.2. The van der Waals surface area contributed by atoms with Crippen LogP contribution in [0, 0.1) is 0 Å². The number of imidazole rings is 1. The lowest BCUT2D eigenvalue weighted by molar-refractivity contribution is 0.0741. The maximum atomic E-state index is 12.7. The summed E-state index contributed by atoms with van der Waals surface area (Å²) in [6.07, 6.45) is 5.31. The summed E-state index contributed by atoms with van der Waals surface area (Å²) in [6.45, 7) is 4.27. The number of carbonyl (C=O) groups is 1. The van der Waals surface area contributed by atoms with Gasteiger partial charge in [-0.05, 0) is 25.0 Å². The lowest BCUT2D eigenvalue weighted by Crippen LogP contribution is -2.48. The summed E-state index contributed by atoms with van der Waals surface area (Å²) in [5, 5.41) is 0. The molecule has 4 rings (SSSR count). The molecule has 0 aliphatic carbocycles. The van der Waals surface area contributed by atoms with Crippen LogP contribution in [0.15, 0.2) is 36.5 Å². The minimum Gasteiger partial charge on any atom is -0.368 e. The van der Waals surface area contributed by atoms with Crippen molar-refractivity contribution in [2.75, 3.05) is 31.1 Å². The number of aromatic nitrogens is 2. The van der Waals surface area contributed by atoms with Gasteiger partial charge in [0.05, 0.1) is 0 Å². The van der Waals surface area contributed by atoms with Crippen LogP contribution in [0.25, 0.3) is 0 Å². The standard InChI is InChI=1S/C18H22N4O/c23-18(16-14-22-9-5-4-8-17(22)19-16)21-12-10-20(11-13-21)15-6-2-1-3-7-15/h1-3,6-7,14H,4-5,8-13H2. The highest BCUT2D eigenvalue weighted by atomic mass is 16.2. The number of rotatable bonds is 2. The third-order valence-corrected chi connectivity index (χ3v) is 4.82. The van der Waals surface area contributed by atoms with E-state index in [0.717, 1.165) is 45.0 Å². The summed E-state index contributed by atoms with van der Waals surface area (Å²) in [5.74, 6) is 1.15. The van der Waals surface area contributed by atoms with Crippen molar-refractivity contribution < 1.29 is 4.79 Å². The highest BCUT2D eigenvalue weighted by Crippen LogP contribution is 2.18. The van der Waals surface area contributed by atoms with E-state index >= 15 is 0 Å². The van der Waals surface area contributed by atoms with Crippen LogP contribution in [-0.2, 0) is 13.0 Å². The van der Waals surface area contributed by atoms with Gasteiger partial charge in [-0.1, -0.05) is 18.2 Å². The van der Waals surface area contributed by atoms with E-state index in [1.54, 1.807) is 0 Å². The fourth-order valence-corrected chi connectivity index (χ4v) is 3.48. The van der Waals surface area contributed by atoms with E-state index in [1.165, 1.54) is 18.5 Å². The van der Waals surface area contributed by atoms with Crippen molar-refractivity contribution in [1.29, 1.82) is 0 Å². The number of aryl methyl sites for hydroxylation is 2. The van der Waals surface area contributed by atoms with Crippen molar-refractivity contribution in [2.45, 2.75) is 25.8 Å². The molecule has 1 saturated heterocycles. The SMILES string of the molecule is O=C(c1cn2c(n1)CCCC2)N1CCN(c2ccccc2)CC1. The molecule has 120 valence electrons. The molecule has 0 bridgehead atoms. The Bertz CT molecular complexity index is 663. The summed E-state index contributed by atoms with van der Waals surface area (Å²) >= 11 is 0. The van der Waals surface area contributed by atoms with Gasteiger partial charge < -0.3 is 14.4 Å². The van der Waals surface area contributed by atoms with Crippen LogP contribution in [0.5, 0.6) is 0 Å². The average molecular weight is 310 g/mol. The Labute approximate surface area is 136 Å². The van der Waals surface area contributed by atoms with Gasteiger partial charge in [0.25, 0.3) is 5.91 Å². The zero-order valence-corrected chi connectivity index (χ0v) is 13.3. The first kappa shape index (κ1) is 14.3. The third-order valence-electron chi connectivity index (χ3n) is 4.82. The smallest absolute Gasteiger partial charge is 0.274 e. The molecule has 1 aromatic carbocycles. The number of hydrogen-bond acceptors (Lipinski definition) is 3. The first-order valence-corrected chi connectivity index (χ1v) is 8.46. The number of fused-ring (bicyclic) bond motifs is 1. The van der Waals surface area contributed by atoms with Crippen LogP contribution >= 0.6 is 0 Å². The zero-order chi connectivity index (χ0) is 15.6. The van der Waals surface area contributed by atoms with Gasteiger partial charge in [-0.2, -0.15) is 0 Å². The van der Waals surface area contributed by atoms with Crippen LogP contribution in [0.2, 0.25) is 0 Å². The van der Waals surface area contributed by atoms with Gasteiger partial charge in [0.2, 0.25) is 0 Å². The normalized spacial score (nSPS) is 17.9. The van der Waals surface area contributed by atoms with Gasteiger partial charge in [0.1, 0.15) is 11.5 Å². The molecule has 0 unspecified atom stereocenters. The summed E-state index contributed by atoms with van der Waals surface area (Å²) in [7, 11) is 0. The van der Waals surface area contributed by atoms with Gasteiger partial charge in [0.15, 0.2) is 0 Å². The maximum absolute atomic E-state index is 12.7. The molecule has 1 fully saturated rings. The molecule has 0 atom stereocenters. The van der Waals surface area contributed by atoms with Gasteiger partial charge in [-0.3, -0.25) is 4.79 Å². The van der Waals surface area contributed by atoms with E-state index in [4.69, 9.17) is 0 Å². The fraction of sp³-hybridized carbons (Fsp3) is 0.444. The lowest BCUT2D eigenvalue weighted by Gasteiger charge is -2.35. The fourth-order valence-electron chi connectivity index (χ4n) is 3.48. The molecule has 2 aliphatic rings. The maximum Gasteiger partial charge on any atom is 0.274 e. The molecule has 0 radical (unpaired) electrons. The highest BCUT2D eigenvalue weighted by Gasteiger charge is 2.25. The largest absolute Gasteiger partial charge is 0.368 e. The molecule has 3 heterocycles. The van der Waals surface area contributed by atoms with Crippen molar-refractivity contribution in [3.05, 3.63) is 48.0 Å². The molecule has 1 aromatic heterocycles. The molecule has 5 nitrogen and oxygen atoms in total. The summed E-state index contributed by atoms with van der Waals surface area (Å²) in [5.41, 5.74) is 1.85. The Morgan fingerprint density at radius 2 is 1.74 bits per heavy atom. The second-order valence-corrected chi connectivity index (χ2v) is 6.31. The number of piperazine rings is 1. The molecule has 0 N–H and O–H groups in total. The van der Waals surface area contributed by atoms with Crippen molar-refractivity contribution >= 4 is 11.6 Å². The molecule has 0 saturated carbocycles. The second-order valence-electron chi connectivity index (χ2n) is 6.31. The van der Waals surface area contributed by atoms with Crippen molar-refractivity contribution in [3.63, 3.8) is 0 Å². The average Bonchev–Trinajstić information content (AvgIpc) is 3.06. The van der Waals surface area contributed by atoms with Gasteiger partial charge in [0, 0.05) is 51.0 Å². The van der Waals surface area contributed by atoms with Crippen molar-refractivity contribution in [2.24, 2.45) is 0 Å². The summed E-state index contributed by atoms with van der Waals surface area (Å²) < 4.78 is 2.15.